The quantitative estimate of drug-likeness (QED) is 0.536. The minimum atomic E-state index is -0.347. The summed E-state index contributed by atoms with van der Waals surface area (Å²) in [4.78, 5) is 2.42. The third-order valence-electron chi connectivity index (χ3n) is 7.57. The predicted octanol–water partition coefficient (Wildman–Crippen LogP) is 6.19. The average molecular weight is 425 g/mol. The second-order valence-electron chi connectivity index (χ2n) is 10.5. The first kappa shape index (κ1) is 21.3. The molecule has 0 aromatic heterocycles. The monoisotopic (exact) mass is 425 g/mol. The molecule has 1 fully saturated rings. The van der Waals surface area contributed by atoms with Gasteiger partial charge in [-0.05, 0) is 62.5 Å². The van der Waals surface area contributed by atoms with Crippen LogP contribution in [0.4, 0.5) is 11.4 Å². The van der Waals surface area contributed by atoms with E-state index in [1.54, 1.807) is 0 Å². The van der Waals surface area contributed by atoms with Crippen LogP contribution in [-0.4, -0.2) is 18.3 Å². The Labute approximate surface area is 192 Å². The van der Waals surface area contributed by atoms with Gasteiger partial charge in [0.2, 0.25) is 0 Å². The van der Waals surface area contributed by atoms with E-state index in [1.165, 1.54) is 22.5 Å². The van der Waals surface area contributed by atoms with Crippen molar-refractivity contribution in [3.63, 3.8) is 0 Å². The number of benzene rings is 2. The summed E-state index contributed by atoms with van der Waals surface area (Å²) in [5, 5.41) is 0. The number of fused-ring (bicyclic) bond motifs is 1. The van der Waals surface area contributed by atoms with Crippen molar-refractivity contribution in [2.45, 2.75) is 64.6 Å². The van der Waals surface area contributed by atoms with Crippen LogP contribution >= 0.6 is 0 Å². The zero-order valence-electron chi connectivity index (χ0n) is 20.0. The summed E-state index contributed by atoms with van der Waals surface area (Å²) < 4.78 is 12.5. The van der Waals surface area contributed by atoms with Gasteiger partial charge in [-0.1, -0.05) is 68.5 Å². The van der Waals surface area contributed by atoms with Crippen LogP contribution in [0.15, 0.2) is 84.1 Å². The topological polar surface area (TPSA) is 21.7 Å². The van der Waals surface area contributed by atoms with E-state index in [0.717, 1.165) is 17.6 Å². The van der Waals surface area contributed by atoms with E-state index in [-0.39, 0.29) is 23.7 Å². The number of hydrogen-bond acceptors (Lipinski definition) is 3. The molecule has 2 heterocycles. The van der Waals surface area contributed by atoms with E-state index in [9.17, 15) is 0 Å². The van der Waals surface area contributed by atoms with Gasteiger partial charge in [0.05, 0.1) is 11.2 Å². The smallest absolute Gasteiger partial charge is 0.399 e. The van der Waals surface area contributed by atoms with Gasteiger partial charge in [-0.15, -0.1) is 0 Å². The van der Waals surface area contributed by atoms with Gasteiger partial charge in [0.25, 0.3) is 0 Å². The van der Waals surface area contributed by atoms with Crippen molar-refractivity contribution in [1.29, 1.82) is 0 Å². The summed E-state index contributed by atoms with van der Waals surface area (Å²) in [6, 6.07) is 17.4. The highest BCUT2D eigenvalue weighted by Crippen LogP contribution is 2.49. The summed E-state index contributed by atoms with van der Waals surface area (Å²) in [6.45, 7) is 13.0. The van der Waals surface area contributed by atoms with Gasteiger partial charge in [0.1, 0.15) is 0 Å². The number of anilines is 2. The summed E-state index contributed by atoms with van der Waals surface area (Å²) in [5.74, 6) is 0. The fourth-order valence-electron chi connectivity index (χ4n) is 4.94. The minimum absolute atomic E-state index is 0.0480. The summed E-state index contributed by atoms with van der Waals surface area (Å²) in [7, 11) is -0.347. The SMILES string of the molecule is CC1(C)C2=C(CC=CC=C2)N(c2ccc(B3OC(C)(C)C(C)(C)O3)cc2)c2ccccc21. The van der Waals surface area contributed by atoms with Gasteiger partial charge in [-0.2, -0.15) is 0 Å². The molecule has 164 valence electrons. The van der Waals surface area contributed by atoms with Crippen molar-refractivity contribution in [3.8, 4) is 0 Å². The zero-order chi connectivity index (χ0) is 22.7. The molecule has 0 amide bonds. The number of para-hydroxylation sites is 1. The van der Waals surface area contributed by atoms with Crippen molar-refractivity contribution >= 4 is 24.0 Å². The molecule has 0 bridgehead atoms. The van der Waals surface area contributed by atoms with Crippen LogP contribution in [0.5, 0.6) is 0 Å². The molecule has 0 N–H and O–H groups in total. The van der Waals surface area contributed by atoms with Crippen molar-refractivity contribution in [2.75, 3.05) is 4.90 Å². The molecule has 0 saturated carbocycles. The Balaban J connectivity index is 1.57. The number of allylic oxidation sites excluding steroid dienone is 5. The summed E-state index contributed by atoms with van der Waals surface area (Å²) in [6.07, 6.45) is 9.74. The lowest BCUT2D eigenvalue weighted by molar-refractivity contribution is 0.00578. The molecule has 2 aromatic carbocycles. The lowest BCUT2D eigenvalue weighted by Gasteiger charge is -2.43. The van der Waals surface area contributed by atoms with Gasteiger partial charge in [-0.25, -0.2) is 0 Å². The first-order valence-electron chi connectivity index (χ1n) is 11.5. The van der Waals surface area contributed by atoms with Gasteiger partial charge in [-0.3, -0.25) is 0 Å². The second-order valence-corrected chi connectivity index (χ2v) is 10.5. The van der Waals surface area contributed by atoms with Gasteiger partial charge in [0, 0.05) is 28.9 Å². The van der Waals surface area contributed by atoms with Crippen molar-refractivity contribution in [3.05, 3.63) is 89.7 Å². The fraction of sp³-hybridized carbons (Fsp3) is 0.357. The highest BCUT2D eigenvalue weighted by molar-refractivity contribution is 6.62. The molecular formula is C28H32BNO2. The van der Waals surface area contributed by atoms with Gasteiger partial charge < -0.3 is 14.2 Å². The first-order chi connectivity index (χ1) is 15.1. The Morgan fingerprint density at radius 1 is 0.812 bits per heavy atom. The fourth-order valence-corrected chi connectivity index (χ4v) is 4.94. The standard InChI is InChI=1S/C28H32BNO2/c1-26(2)22-12-8-7-9-14-24(22)30(25-15-11-10-13-23(25)26)21-18-16-20(17-19-21)29-31-27(3,4)28(5,6)32-29/h7-13,15-19H,14H2,1-6H3. The molecule has 1 aliphatic carbocycles. The maximum atomic E-state index is 6.26. The van der Waals surface area contributed by atoms with Crippen LogP contribution in [0.3, 0.4) is 0 Å². The van der Waals surface area contributed by atoms with Crippen molar-refractivity contribution < 1.29 is 9.31 Å². The van der Waals surface area contributed by atoms with E-state index >= 15 is 0 Å². The average Bonchev–Trinajstić information content (AvgIpc) is 2.91. The molecule has 0 unspecified atom stereocenters. The predicted molar refractivity (Wildman–Crippen MR) is 134 cm³/mol. The highest BCUT2D eigenvalue weighted by Gasteiger charge is 2.51. The summed E-state index contributed by atoms with van der Waals surface area (Å²) in [5.41, 5.74) is 6.78. The summed E-state index contributed by atoms with van der Waals surface area (Å²) >= 11 is 0. The maximum Gasteiger partial charge on any atom is 0.494 e. The molecule has 2 aromatic rings. The van der Waals surface area contributed by atoms with E-state index in [0.29, 0.717) is 0 Å². The molecule has 4 heteroatoms. The molecule has 32 heavy (non-hydrogen) atoms. The Hall–Kier alpha value is -2.56. The van der Waals surface area contributed by atoms with E-state index in [4.69, 9.17) is 9.31 Å². The Bertz CT molecular complexity index is 1120. The van der Waals surface area contributed by atoms with Crippen LogP contribution in [-0.2, 0) is 14.7 Å². The lowest BCUT2D eigenvalue weighted by Crippen LogP contribution is -2.41. The van der Waals surface area contributed by atoms with Crippen LogP contribution in [0, 0.1) is 0 Å². The normalized spacial score (nSPS) is 22.6. The van der Waals surface area contributed by atoms with Gasteiger partial charge in [0.15, 0.2) is 0 Å². The molecule has 3 nitrogen and oxygen atoms in total. The number of nitrogens with zero attached hydrogens (tertiary/aromatic N) is 1. The number of rotatable bonds is 2. The van der Waals surface area contributed by atoms with E-state index < -0.39 is 0 Å². The molecule has 0 radical (unpaired) electrons. The maximum absolute atomic E-state index is 6.26. The first-order valence-corrected chi connectivity index (χ1v) is 11.5. The Kier molecular flexibility index (Phi) is 4.81. The van der Waals surface area contributed by atoms with Gasteiger partial charge >= 0.3 is 7.12 Å². The third-order valence-corrected chi connectivity index (χ3v) is 7.57. The molecule has 1 saturated heterocycles. The number of hydrogen-bond donors (Lipinski definition) is 0. The molecular weight excluding hydrogens is 393 g/mol. The third kappa shape index (κ3) is 3.20. The van der Waals surface area contributed by atoms with Crippen LogP contribution in [0.1, 0.15) is 53.5 Å². The molecule has 0 atom stereocenters. The molecule has 0 spiro atoms. The van der Waals surface area contributed by atoms with Crippen molar-refractivity contribution in [2.24, 2.45) is 0 Å². The molecule has 3 aliphatic rings. The van der Waals surface area contributed by atoms with Crippen LogP contribution < -0.4 is 10.4 Å². The second kappa shape index (κ2) is 7.23. The van der Waals surface area contributed by atoms with E-state index in [2.05, 4.69) is 119 Å². The lowest BCUT2D eigenvalue weighted by atomic mass is 9.72. The Morgan fingerprint density at radius 2 is 1.47 bits per heavy atom. The highest BCUT2D eigenvalue weighted by atomic mass is 16.7. The van der Waals surface area contributed by atoms with Crippen LogP contribution in [0.25, 0.3) is 0 Å². The Morgan fingerprint density at radius 3 is 2.16 bits per heavy atom. The molecule has 5 rings (SSSR count). The largest absolute Gasteiger partial charge is 0.494 e. The van der Waals surface area contributed by atoms with Crippen molar-refractivity contribution in [1.82, 2.24) is 0 Å². The van der Waals surface area contributed by atoms with E-state index in [1.807, 2.05) is 0 Å². The zero-order valence-corrected chi connectivity index (χ0v) is 20.0. The van der Waals surface area contributed by atoms with Crippen LogP contribution in [0.2, 0.25) is 0 Å². The molecule has 2 aliphatic heterocycles. The minimum Gasteiger partial charge on any atom is -0.399 e.